The first-order chi connectivity index (χ1) is 13.6. The average molecular weight is 393 g/mol. The molecule has 1 amide bonds. The number of esters is 1. The van der Waals surface area contributed by atoms with E-state index in [1.807, 2.05) is 36.4 Å². The lowest BCUT2D eigenvalue weighted by Gasteiger charge is -2.27. The summed E-state index contributed by atoms with van der Waals surface area (Å²) < 4.78 is 4.73. The molecule has 6 heteroatoms. The zero-order valence-corrected chi connectivity index (χ0v) is 15.8. The van der Waals surface area contributed by atoms with Crippen molar-refractivity contribution in [2.75, 3.05) is 17.3 Å². The van der Waals surface area contributed by atoms with E-state index in [1.54, 1.807) is 41.3 Å². The summed E-state index contributed by atoms with van der Waals surface area (Å²) >= 11 is 6.01. The Labute approximate surface area is 167 Å². The van der Waals surface area contributed by atoms with Gasteiger partial charge in [-0.2, -0.15) is 0 Å². The van der Waals surface area contributed by atoms with Crippen molar-refractivity contribution in [1.29, 1.82) is 0 Å². The van der Waals surface area contributed by atoms with E-state index < -0.39 is 5.97 Å². The lowest BCUT2D eigenvalue weighted by Crippen LogP contribution is -2.32. The van der Waals surface area contributed by atoms with E-state index in [1.165, 1.54) is 7.11 Å². The van der Waals surface area contributed by atoms with Gasteiger partial charge in [-0.25, -0.2) is 4.79 Å². The van der Waals surface area contributed by atoms with Crippen molar-refractivity contribution in [2.45, 2.75) is 6.17 Å². The molecule has 3 aromatic carbocycles. The molecule has 0 bridgehead atoms. The highest BCUT2D eigenvalue weighted by molar-refractivity contribution is 6.30. The molecule has 0 saturated carbocycles. The van der Waals surface area contributed by atoms with Crippen LogP contribution in [0, 0.1) is 0 Å². The molecule has 5 nitrogen and oxygen atoms in total. The lowest BCUT2D eigenvalue weighted by atomic mass is 10.1. The van der Waals surface area contributed by atoms with Crippen molar-refractivity contribution in [3.63, 3.8) is 0 Å². The van der Waals surface area contributed by atoms with Gasteiger partial charge in [0.05, 0.1) is 12.7 Å². The predicted molar refractivity (Wildman–Crippen MR) is 109 cm³/mol. The zero-order valence-electron chi connectivity index (χ0n) is 15.1. The molecule has 0 aromatic heterocycles. The molecular weight excluding hydrogens is 376 g/mol. The van der Waals surface area contributed by atoms with E-state index >= 15 is 0 Å². The molecule has 0 radical (unpaired) electrons. The van der Waals surface area contributed by atoms with Crippen molar-refractivity contribution in [2.24, 2.45) is 0 Å². The number of anilines is 2. The van der Waals surface area contributed by atoms with E-state index in [0.717, 1.165) is 16.9 Å². The minimum absolute atomic E-state index is 0.0818. The molecule has 1 aliphatic rings. The maximum Gasteiger partial charge on any atom is 0.337 e. The predicted octanol–water partition coefficient (Wildman–Crippen LogP) is 4.90. The number of ether oxygens (including phenoxy) is 1. The summed E-state index contributed by atoms with van der Waals surface area (Å²) in [4.78, 5) is 26.4. The first-order valence-corrected chi connectivity index (χ1v) is 9.09. The molecule has 1 heterocycles. The molecule has 0 spiro atoms. The van der Waals surface area contributed by atoms with Crippen LogP contribution in [0.3, 0.4) is 0 Å². The highest BCUT2D eigenvalue weighted by Crippen LogP contribution is 2.38. The van der Waals surface area contributed by atoms with Crippen LogP contribution in [0.5, 0.6) is 0 Å². The van der Waals surface area contributed by atoms with Crippen LogP contribution >= 0.6 is 11.6 Å². The average Bonchev–Trinajstić information content (AvgIpc) is 3.01. The quantitative estimate of drug-likeness (QED) is 0.642. The van der Waals surface area contributed by atoms with Gasteiger partial charge in [0.15, 0.2) is 0 Å². The molecule has 0 fully saturated rings. The Bertz CT molecular complexity index is 1030. The summed E-state index contributed by atoms with van der Waals surface area (Å²) in [6.45, 7) is 0. The van der Waals surface area contributed by atoms with Crippen molar-refractivity contribution >= 4 is 34.9 Å². The number of benzene rings is 3. The summed E-state index contributed by atoms with van der Waals surface area (Å²) in [7, 11) is 1.35. The number of carbonyl (C=O) groups is 2. The maximum absolute atomic E-state index is 13.1. The van der Waals surface area contributed by atoms with Gasteiger partial charge < -0.3 is 10.1 Å². The third-order valence-electron chi connectivity index (χ3n) is 4.68. The van der Waals surface area contributed by atoms with Crippen LogP contribution in [0.1, 0.15) is 32.4 Å². The monoisotopic (exact) mass is 392 g/mol. The number of nitrogens with one attached hydrogen (secondary N) is 1. The molecule has 0 aliphatic carbocycles. The Kier molecular flexibility index (Phi) is 4.75. The minimum atomic E-state index is -0.393. The Morgan fingerprint density at radius 1 is 1.00 bits per heavy atom. The molecule has 1 N–H and O–H groups in total. The van der Waals surface area contributed by atoms with Gasteiger partial charge in [-0.1, -0.05) is 29.8 Å². The number of hydrogen-bond donors (Lipinski definition) is 1. The summed E-state index contributed by atoms with van der Waals surface area (Å²) in [5.41, 5.74) is 3.53. The highest BCUT2D eigenvalue weighted by Gasteiger charge is 2.37. The van der Waals surface area contributed by atoms with E-state index in [2.05, 4.69) is 5.32 Å². The van der Waals surface area contributed by atoms with E-state index in [-0.39, 0.29) is 12.1 Å². The second kappa shape index (κ2) is 7.37. The fourth-order valence-corrected chi connectivity index (χ4v) is 3.43. The molecule has 1 atom stereocenters. The summed E-state index contributed by atoms with van der Waals surface area (Å²) in [5, 5.41) is 4.00. The number of methoxy groups -OCH3 is 1. The number of hydrogen-bond acceptors (Lipinski definition) is 4. The van der Waals surface area contributed by atoms with Gasteiger partial charge in [0, 0.05) is 27.5 Å². The second-order valence-corrected chi connectivity index (χ2v) is 6.79. The van der Waals surface area contributed by atoms with Gasteiger partial charge in [-0.05, 0) is 54.6 Å². The Morgan fingerprint density at radius 2 is 1.68 bits per heavy atom. The number of fused-ring (bicyclic) bond motifs is 1. The van der Waals surface area contributed by atoms with Gasteiger partial charge in [-0.15, -0.1) is 0 Å². The molecule has 140 valence electrons. The van der Waals surface area contributed by atoms with Crippen LogP contribution in [0.25, 0.3) is 0 Å². The Morgan fingerprint density at radius 3 is 2.36 bits per heavy atom. The minimum Gasteiger partial charge on any atom is -0.465 e. The fraction of sp³-hybridized carbons (Fsp3) is 0.0909. The van der Waals surface area contributed by atoms with Crippen molar-refractivity contribution in [3.05, 3.63) is 94.5 Å². The van der Waals surface area contributed by atoms with Crippen LogP contribution in [0.4, 0.5) is 11.4 Å². The summed E-state index contributed by atoms with van der Waals surface area (Å²) in [6, 6.07) is 21.6. The normalized spacial score (nSPS) is 15.3. The van der Waals surface area contributed by atoms with Crippen molar-refractivity contribution < 1.29 is 14.3 Å². The second-order valence-electron chi connectivity index (χ2n) is 6.35. The summed E-state index contributed by atoms with van der Waals surface area (Å²) in [5.74, 6) is -0.475. The van der Waals surface area contributed by atoms with Crippen molar-refractivity contribution in [3.8, 4) is 0 Å². The van der Waals surface area contributed by atoms with Crippen LogP contribution in [-0.2, 0) is 4.74 Å². The third-order valence-corrected chi connectivity index (χ3v) is 4.93. The molecule has 28 heavy (non-hydrogen) atoms. The Hall–Kier alpha value is -3.31. The number of halogens is 1. The molecule has 3 aromatic rings. The first kappa shape index (κ1) is 18.1. The zero-order chi connectivity index (χ0) is 19.7. The number of carbonyl (C=O) groups excluding carboxylic acids is 2. The summed E-state index contributed by atoms with van der Waals surface area (Å²) in [6.07, 6.45) is -0.381. The maximum atomic E-state index is 13.1. The van der Waals surface area contributed by atoms with Gasteiger partial charge in [0.2, 0.25) is 0 Å². The lowest BCUT2D eigenvalue weighted by molar-refractivity contribution is 0.0600. The smallest absolute Gasteiger partial charge is 0.337 e. The Balaban J connectivity index is 1.70. The van der Waals surface area contributed by atoms with Crippen LogP contribution in [-0.4, -0.2) is 19.0 Å². The van der Waals surface area contributed by atoms with Crippen LogP contribution in [0.2, 0.25) is 5.02 Å². The number of rotatable bonds is 4. The van der Waals surface area contributed by atoms with Gasteiger partial charge in [0.25, 0.3) is 5.91 Å². The number of amides is 1. The fourth-order valence-electron chi connectivity index (χ4n) is 3.30. The van der Waals surface area contributed by atoms with Crippen LogP contribution in [0.15, 0.2) is 72.8 Å². The standard InChI is InChI=1S/C22H17ClN2O3/c1-28-22(27)14-6-10-16(11-7-14)24-20-18-4-2-3-5-19(18)21(26)25(20)17-12-8-15(23)9-13-17/h2-13,20,24H,1H3. The highest BCUT2D eigenvalue weighted by atomic mass is 35.5. The topological polar surface area (TPSA) is 58.6 Å². The van der Waals surface area contributed by atoms with Gasteiger partial charge in [-0.3, -0.25) is 9.69 Å². The molecular formula is C22H17ClN2O3. The van der Waals surface area contributed by atoms with Crippen molar-refractivity contribution in [1.82, 2.24) is 0 Å². The van der Waals surface area contributed by atoms with E-state index in [0.29, 0.717) is 16.1 Å². The molecule has 4 rings (SSSR count). The molecule has 1 aliphatic heterocycles. The van der Waals surface area contributed by atoms with Crippen LogP contribution < -0.4 is 10.2 Å². The molecule has 1 unspecified atom stereocenters. The van der Waals surface area contributed by atoms with E-state index in [4.69, 9.17) is 16.3 Å². The van der Waals surface area contributed by atoms with Gasteiger partial charge >= 0.3 is 5.97 Å². The molecule has 0 saturated heterocycles. The first-order valence-electron chi connectivity index (χ1n) is 8.71. The van der Waals surface area contributed by atoms with E-state index in [9.17, 15) is 9.59 Å². The largest absolute Gasteiger partial charge is 0.465 e. The third kappa shape index (κ3) is 3.21. The SMILES string of the molecule is COC(=O)c1ccc(NC2c3ccccc3C(=O)N2c2ccc(Cl)cc2)cc1. The number of nitrogens with zero attached hydrogens (tertiary/aromatic N) is 1. The van der Waals surface area contributed by atoms with Gasteiger partial charge in [0.1, 0.15) is 6.17 Å².